The van der Waals surface area contributed by atoms with E-state index in [1.807, 2.05) is 6.92 Å². The third-order valence-electron chi connectivity index (χ3n) is 8.67. The lowest BCUT2D eigenvalue weighted by molar-refractivity contribution is -0.135. The number of Topliss-reactive ketones (excluding diaryl/α,β-unsaturated/α-hetero) is 1. The Balaban J connectivity index is 1.31. The number of aryl methyl sites for hydroxylation is 1. The molecule has 202 valence electrons. The summed E-state index contributed by atoms with van der Waals surface area (Å²) in [5, 5.41) is 13.4. The van der Waals surface area contributed by atoms with E-state index in [1.54, 1.807) is 0 Å². The Morgan fingerprint density at radius 1 is 1.16 bits per heavy atom. The Hall–Kier alpha value is -2.72. The number of nitriles is 1. The zero-order valence-corrected chi connectivity index (χ0v) is 22.9. The van der Waals surface area contributed by atoms with Gasteiger partial charge >= 0.3 is 0 Å². The van der Waals surface area contributed by atoms with Gasteiger partial charge in [-0.15, -0.1) is 0 Å². The van der Waals surface area contributed by atoms with E-state index in [9.17, 15) is 10.1 Å². The molecule has 1 N–H and O–H groups in total. The van der Waals surface area contributed by atoms with Crippen molar-refractivity contribution < 1.29 is 19.0 Å². The maximum Gasteiger partial charge on any atom is 0.165 e. The zero-order valence-electron chi connectivity index (χ0n) is 22.9. The van der Waals surface area contributed by atoms with E-state index in [2.05, 4.69) is 55.6 Å². The smallest absolute Gasteiger partial charge is 0.165 e. The topological polar surface area (TPSA) is 80.6 Å². The number of rotatable bonds is 9. The summed E-state index contributed by atoms with van der Waals surface area (Å²) in [7, 11) is 0. The molecule has 6 heteroatoms. The van der Waals surface area contributed by atoms with Crippen LogP contribution in [0.3, 0.4) is 0 Å². The molecule has 5 rings (SSSR count). The average molecular weight is 517 g/mol. The van der Waals surface area contributed by atoms with Gasteiger partial charge in [0.05, 0.1) is 25.2 Å². The van der Waals surface area contributed by atoms with Gasteiger partial charge < -0.3 is 19.5 Å². The van der Waals surface area contributed by atoms with Crippen molar-refractivity contribution in [2.75, 3.05) is 32.9 Å². The van der Waals surface area contributed by atoms with Gasteiger partial charge in [-0.2, -0.15) is 5.26 Å². The molecule has 6 nitrogen and oxygen atoms in total. The summed E-state index contributed by atoms with van der Waals surface area (Å²) in [5.41, 5.74) is 7.38. The van der Waals surface area contributed by atoms with Gasteiger partial charge in [0.25, 0.3) is 0 Å². The Morgan fingerprint density at radius 3 is 2.74 bits per heavy atom. The Morgan fingerprint density at radius 2 is 2.00 bits per heavy atom. The quantitative estimate of drug-likeness (QED) is 0.493. The van der Waals surface area contributed by atoms with Crippen LogP contribution in [0, 0.1) is 29.1 Å². The molecule has 3 heterocycles. The highest BCUT2D eigenvalue weighted by Crippen LogP contribution is 2.42. The summed E-state index contributed by atoms with van der Waals surface area (Å²) in [6, 6.07) is 13.7. The Kier molecular flexibility index (Phi) is 8.48. The van der Waals surface area contributed by atoms with Gasteiger partial charge in [-0.05, 0) is 78.1 Å². The minimum absolute atomic E-state index is 0.0961. The van der Waals surface area contributed by atoms with Crippen molar-refractivity contribution >= 4 is 5.78 Å². The van der Waals surface area contributed by atoms with E-state index >= 15 is 0 Å². The lowest BCUT2D eigenvalue weighted by atomic mass is 9.80. The van der Waals surface area contributed by atoms with E-state index < -0.39 is 0 Å². The van der Waals surface area contributed by atoms with Crippen molar-refractivity contribution in [2.24, 2.45) is 17.8 Å². The molecule has 0 radical (unpaired) electrons. The fourth-order valence-electron chi connectivity index (χ4n) is 5.90. The van der Waals surface area contributed by atoms with Crippen LogP contribution in [0.1, 0.15) is 61.8 Å². The molecule has 2 saturated heterocycles. The summed E-state index contributed by atoms with van der Waals surface area (Å²) in [6.45, 7) is 10.5. The predicted molar refractivity (Wildman–Crippen MR) is 147 cm³/mol. The summed E-state index contributed by atoms with van der Waals surface area (Å²) in [5.74, 6) is 1.30. The number of hydrogen-bond acceptors (Lipinski definition) is 6. The third kappa shape index (κ3) is 5.66. The number of nitrogens with zero attached hydrogens (tertiary/aromatic N) is 1. The van der Waals surface area contributed by atoms with Crippen LogP contribution in [-0.4, -0.2) is 44.8 Å². The molecule has 38 heavy (non-hydrogen) atoms. The van der Waals surface area contributed by atoms with Gasteiger partial charge in [0.2, 0.25) is 0 Å². The number of ether oxygens (including phenoxy) is 3. The van der Waals surface area contributed by atoms with Crippen LogP contribution in [0.2, 0.25) is 0 Å². The molecule has 0 saturated carbocycles. The second-order valence-corrected chi connectivity index (χ2v) is 11.3. The third-order valence-corrected chi connectivity index (χ3v) is 8.67. The maximum atomic E-state index is 13.1. The highest BCUT2D eigenvalue weighted by atomic mass is 16.5. The van der Waals surface area contributed by atoms with E-state index in [0.717, 1.165) is 43.9 Å². The molecule has 3 aliphatic rings. The highest BCUT2D eigenvalue weighted by molar-refractivity contribution is 5.85. The molecular formula is C32H40N2O4. The second kappa shape index (κ2) is 12.0. The van der Waals surface area contributed by atoms with E-state index in [0.29, 0.717) is 38.5 Å². The van der Waals surface area contributed by atoms with Crippen molar-refractivity contribution in [3.8, 4) is 22.9 Å². The highest BCUT2D eigenvalue weighted by Gasteiger charge is 2.31. The summed E-state index contributed by atoms with van der Waals surface area (Å²) in [6.07, 6.45) is 2.77. The number of carbonyl (C=O) groups excluding carboxylic acids is 1. The fourth-order valence-corrected chi connectivity index (χ4v) is 5.90. The first-order valence-electron chi connectivity index (χ1n) is 14.2. The first-order chi connectivity index (χ1) is 18.5. The summed E-state index contributed by atoms with van der Waals surface area (Å²) < 4.78 is 17.4. The van der Waals surface area contributed by atoms with Crippen LogP contribution < -0.4 is 10.1 Å². The van der Waals surface area contributed by atoms with Crippen LogP contribution in [0.25, 0.3) is 11.1 Å². The molecule has 2 aromatic carbocycles. The lowest BCUT2D eigenvalue weighted by Crippen LogP contribution is -2.38. The molecule has 0 aromatic heterocycles. The van der Waals surface area contributed by atoms with Crippen LogP contribution in [0.4, 0.5) is 0 Å². The van der Waals surface area contributed by atoms with Crippen LogP contribution >= 0.6 is 0 Å². The van der Waals surface area contributed by atoms with E-state index in [4.69, 9.17) is 14.2 Å². The van der Waals surface area contributed by atoms with Crippen molar-refractivity contribution in [1.82, 2.24) is 5.32 Å². The van der Waals surface area contributed by atoms with Crippen LogP contribution in [-0.2, 0) is 33.7 Å². The van der Waals surface area contributed by atoms with Gasteiger partial charge in [0, 0.05) is 30.6 Å². The second-order valence-electron chi connectivity index (χ2n) is 11.3. The van der Waals surface area contributed by atoms with Crippen LogP contribution in [0.15, 0.2) is 30.3 Å². The first kappa shape index (κ1) is 26.9. The van der Waals surface area contributed by atoms with E-state index in [-0.39, 0.29) is 29.6 Å². The molecule has 2 aromatic rings. The number of nitrogens with one attached hydrogen (secondary N) is 1. The molecule has 0 spiro atoms. The molecule has 2 fully saturated rings. The van der Waals surface area contributed by atoms with Crippen molar-refractivity contribution in [1.29, 1.82) is 5.26 Å². The van der Waals surface area contributed by atoms with Gasteiger partial charge in [-0.1, -0.05) is 39.0 Å². The number of carbonyl (C=O) groups is 1. The molecule has 0 aliphatic carbocycles. The normalized spacial score (nSPS) is 21.5. The molecule has 0 amide bonds. The minimum atomic E-state index is -0.389. The SMILES string of the molecule is CCc1cc2c(cc1C[C@H](C#N)C[C@@H](C)C(C)C(=O)[C@@H]1CNCCCO1)OCc1ccc(C3COC3)cc1-2. The predicted octanol–water partition coefficient (Wildman–Crippen LogP) is 5.21. The van der Waals surface area contributed by atoms with Gasteiger partial charge in [-0.3, -0.25) is 4.79 Å². The zero-order chi connectivity index (χ0) is 26.6. The minimum Gasteiger partial charge on any atom is -0.488 e. The first-order valence-corrected chi connectivity index (χ1v) is 14.2. The van der Waals surface area contributed by atoms with Gasteiger partial charge in [0.1, 0.15) is 18.5 Å². The van der Waals surface area contributed by atoms with Crippen LogP contribution in [0.5, 0.6) is 5.75 Å². The molecule has 1 unspecified atom stereocenters. The number of ketones is 1. The summed E-state index contributed by atoms with van der Waals surface area (Å²) in [4.78, 5) is 13.1. The Bertz CT molecular complexity index is 1190. The Labute approximate surface area is 226 Å². The van der Waals surface area contributed by atoms with E-state index in [1.165, 1.54) is 27.8 Å². The number of benzene rings is 2. The summed E-state index contributed by atoms with van der Waals surface area (Å²) >= 11 is 0. The molecule has 3 aliphatic heterocycles. The van der Waals surface area contributed by atoms with Crippen molar-refractivity contribution in [2.45, 2.75) is 65.1 Å². The fraction of sp³-hybridized carbons (Fsp3) is 0.562. The molecule has 0 bridgehead atoms. The molecular weight excluding hydrogens is 476 g/mol. The average Bonchev–Trinajstić information content (AvgIpc) is 3.20. The van der Waals surface area contributed by atoms with Crippen molar-refractivity contribution in [3.63, 3.8) is 0 Å². The monoisotopic (exact) mass is 516 g/mol. The number of fused-ring (bicyclic) bond motifs is 3. The van der Waals surface area contributed by atoms with Gasteiger partial charge in [0.15, 0.2) is 5.78 Å². The van der Waals surface area contributed by atoms with Gasteiger partial charge in [-0.25, -0.2) is 0 Å². The maximum absolute atomic E-state index is 13.1. The molecule has 4 atom stereocenters. The van der Waals surface area contributed by atoms with Crippen molar-refractivity contribution in [3.05, 3.63) is 52.6 Å². The largest absolute Gasteiger partial charge is 0.488 e. The lowest BCUT2D eigenvalue weighted by Gasteiger charge is -2.29. The standard InChI is InChI=1S/C32H40N2O4/c1-4-23-12-29-28-13-24(27-17-36-18-27)6-7-25(28)19-38-30(29)14-26(23)11-22(15-33)10-20(2)21(3)32(35)31-16-34-8-5-9-37-31/h6-7,12-14,20-22,27,31,34H,4-5,8-11,16-19H2,1-3H3/t20-,21?,22-,31+/m1/s1. The number of hydrogen-bond donors (Lipinski definition) is 1.